The first-order chi connectivity index (χ1) is 19.1. The van der Waals surface area contributed by atoms with E-state index in [0.29, 0.717) is 16.1 Å². The Morgan fingerprint density at radius 3 is 2.38 bits per heavy atom. The van der Waals surface area contributed by atoms with Crippen LogP contribution in [-0.4, -0.2) is 29.0 Å². The summed E-state index contributed by atoms with van der Waals surface area (Å²) in [4.78, 5) is 31.3. The molecule has 222 valence electrons. The third-order valence-electron chi connectivity index (χ3n) is 5.83. The van der Waals surface area contributed by atoms with Crippen LogP contribution in [0.2, 0.25) is 0 Å². The van der Waals surface area contributed by atoms with Gasteiger partial charge < -0.3 is 9.72 Å². The van der Waals surface area contributed by atoms with Crippen molar-refractivity contribution in [1.29, 1.82) is 0 Å². The van der Waals surface area contributed by atoms with Crippen molar-refractivity contribution in [2.24, 2.45) is 5.92 Å². The lowest BCUT2D eigenvalue weighted by molar-refractivity contribution is 0.101. The van der Waals surface area contributed by atoms with Crippen LogP contribution in [0.1, 0.15) is 110 Å². The Morgan fingerprint density at radius 2 is 1.85 bits per heavy atom. The van der Waals surface area contributed by atoms with Gasteiger partial charge in [-0.15, -0.1) is 11.3 Å². The highest BCUT2D eigenvalue weighted by atomic mass is 32.1. The summed E-state index contributed by atoms with van der Waals surface area (Å²) in [7, 11) is 0. The quantitative estimate of drug-likeness (QED) is 0.148. The number of allylic oxidation sites excluding steroid dienone is 7. The van der Waals surface area contributed by atoms with Gasteiger partial charge in [-0.3, -0.25) is 9.59 Å². The van der Waals surface area contributed by atoms with Crippen molar-refractivity contribution in [3.63, 3.8) is 0 Å². The van der Waals surface area contributed by atoms with E-state index < -0.39 is 0 Å². The van der Waals surface area contributed by atoms with Gasteiger partial charge >= 0.3 is 0 Å². The van der Waals surface area contributed by atoms with E-state index in [1.54, 1.807) is 12.1 Å². The number of hydrogen-bond acceptors (Lipinski definition) is 5. The van der Waals surface area contributed by atoms with E-state index in [1.807, 2.05) is 24.5 Å². The average molecular weight is 569 g/mol. The SMILES string of the molecule is C=C\C=C/C(=C(\C)CCC)C(=C\C)/c1csc(-c2cc(C(C)=O)c[nH]c2=O)n1.CCC.CCCOC[C@@H](C)CC. The highest BCUT2D eigenvalue weighted by Gasteiger charge is 2.15. The molecule has 1 N–H and O–H groups in total. The molecule has 0 aromatic carbocycles. The molecule has 0 fully saturated rings. The van der Waals surface area contributed by atoms with Crippen molar-refractivity contribution in [2.45, 2.75) is 94.4 Å². The van der Waals surface area contributed by atoms with Gasteiger partial charge in [0.15, 0.2) is 5.78 Å². The molecule has 5 nitrogen and oxygen atoms in total. The second kappa shape index (κ2) is 21.9. The highest BCUT2D eigenvalue weighted by molar-refractivity contribution is 7.13. The lowest BCUT2D eigenvalue weighted by atomic mass is 9.95. The summed E-state index contributed by atoms with van der Waals surface area (Å²) in [5, 5.41) is 2.55. The van der Waals surface area contributed by atoms with Gasteiger partial charge in [-0.25, -0.2) is 4.98 Å². The fourth-order valence-electron chi connectivity index (χ4n) is 3.49. The highest BCUT2D eigenvalue weighted by Crippen LogP contribution is 2.32. The molecule has 0 saturated heterocycles. The number of Topliss-reactive ketones (excluding diaryl/α,β-unsaturated/α-hetero) is 1. The number of carbonyl (C=O) groups excluding carboxylic acids is 1. The molecule has 2 aromatic rings. The standard InChI is InChI=1S/C23H26N2O2S.C8H18O.C3H8/c1-6-9-11-19(15(4)10-7-2)18(8-3)21-14-28-23(25-21)20-12-17(16(5)26)13-24-22(20)27;1-4-6-9-7-8(3)5-2;1-3-2/h6,8-9,11-14H,1,7,10H2,2-5H3,(H,24,27);8H,4-7H2,1-3H3;3H2,1-2H3/b11-9-,18-8+,19-15-;;/t;8-;/m.0./s1. The lowest BCUT2D eigenvalue weighted by Crippen LogP contribution is -2.10. The molecule has 0 bridgehead atoms. The van der Waals surface area contributed by atoms with Gasteiger partial charge in [-0.2, -0.15) is 0 Å². The molecule has 2 aromatic heterocycles. The van der Waals surface area contributed by atoms with Crippen LogP contribution in [0.4, 0.5) is 0 Å². The topological polar surface area (TPSA) is 72.0 Å². The second-order valence-electron chi connectivity index (χ2n) is 9.76. The summed E-state index contributed by atoms with van der Waals surface area (Å²) >= 11 is 1.40. The summed E-state index contributed by atoms with van der Waals surface area (Å²) in [6, 6.07) is 1.61. The zero-order valence-electron chi connectivity index (χ0n) is 26.4. The molecule has 0 aliphatic rings. The monoisotopic (exact) mass is 568 g/mol. The first-order valence-corrected chi connectivity index (χ1v) is 15.5. The van der Waals surface area contributed by atoms with Gasteiger partial charge in [-0.05, 0) is 51.2 Å². The first kappa shape index (κ1) is 37.2. The number of aromatic amines is 1. The normalized spacial score (nSPS) is 12.6. The Labute approximate surface area is 247 Å². The fourth-order valence-corrected chi connectivity index (χ4v) is 4.32. The molecule has 1 atom stereocenters. The number of nitrogens with zero attached hydrogens (tertiary/aromatic N) is 1. The van der Waals surface area contributed by atoms with Crippen molar-refractivity contribution in [3.8, 4) is 10.6 Å². The van der Waals surface area contributed by atoms with E-state index >= 15 is 0 Å². The molecule has 0 saturated carbocycles. The van der Waals surface area contributed by atoms with Crippen molar-refractivity contribution < 1.29 is 9.53 Å². The first-order valence-electron chi connectivity index (χ1n) is 14.6. The molecule has 40 heavy (non-hydrogen) atoms. The van der Waals surface area contributed by atoms with E-state index in [-0.39, 0.29) is 11.3 Å². The number of aromatic nitrogens is 2. The van der Waals surface area contributed by atoms with Crippen molar-refractivity contribution >= 4 is 22.7 Å². The zero-order chi connectivity index (χ0) is 30.5. The molecule has 0 aliphatic heterocycles. The number of hydrogen-bond donors (Lipinski definition) is 1. The molecule has 0 amide bonds. The number of carbonyl (C=O) groups is 1. The van der Waals surface area contributed by atoms with Gasteiger partial charge in [-0.1, -0.05) is 97.3 Å². The fraction of sp³-hybridized carbons (Fsp3) is 0.500. The Morgan fingerprint density at radius 1 is 1.18 bits per heavy atom. The van der Waals surface area contributed by atoms with Crippen molar-refractivity contribution in [2.75, 3.05) is 13.2 Å². The molecule has 0 aliphatic carbocycles. The van der Waals surface area contributed by atoms with Gasteiger partial charge in [0, 0.05) is 35.9 Å². The van der Waals surface area contributed by atoms with Crippen LogP contribution in [0.25, 0.3) is 16.1 Å². The molecular weight excluding hydrogens is 516 g/mol. The van der Waals surface area contributed by atoms with Crippen LogP contribution >= 0.6 is 11.3 Å². The number of rotatable bonds is 13. The summed E-state index contributed by atoms with van der Waals surface area (Å²) in [6.45, 7) is 24.2. The minimum atomic E-state index is -0.252. The summed E-state index contributed by atoms with van der Waals surface area (Å²) in [6.07, 6.45) is 14.9. The van der Waals surface area contributed by atoms with Crippen LogP contribution in [0.3, 0.4) is 0 Å². The van der Waals surface area contributed by atoms with Crippen LogP contribution in [0.5, 0.6) is 0 Å². The summed E-state index contributed by atoms with van der Waals surface area (Å²) in [5.41, 5.74) is 4.85. The molecule has 2 rings (SSSR count). The Bertz CT molecular complexity index is 1170. The van der Waals surface area contributed by atoms with Crippen molar-refractivity contribution in [1.82, 2.24) is 9.97 Å². The molecule has 6 heteroatoms. The number of ether oxygens (including phenoxy) is 1. The zero-order valence-corrected chi connectivity index (χ0v) is 27.2. The van der Waals surface area contributed by atoms with Crippen molar-refractivity contribution in [3.05, 3.63) is 81.3 Å². The van der Waals surface area contributed by atoms with E-state index in [1.165, 1.54) is 42.9 Å². The van der Waals surface area contributed by atoms with Gasteiger partial charge in [0.2, 0.25) is 0 Å². The number of thiazole rings is 1. The Balaban J connectivity index is 0.00000106. The van der Waals surface area contributed by atoms with Crippen LogP contribution in [0.15, 0.2) is 64.5 Å². The summed E-state index contributed by atoms with van der Waals surface area (Å²) < 4.78 is 5.34. The number of nitrogens with one attached hydrogen (secondary N) is 1. The van der Waals surface area contributed by atoms with Crippen LogP contribution < -0.4 is 5.56 Å². The summed E-state index contributed by atoms with van der Waals surface area (Å²) in [5.74, 6) is 0.634. The van der Waals surface area contributed by atoms with Gasteiger partial charge in [0.25, 0.3) is 5.56 Å². The van der Waals surface area contributed by atoms with E-state index in [9.17, 15) is 9.59 Å². The maximum atomic E-state index is 12.3. The lowest BCUT2D eigenvalue weighted by Gasteiger charge is -2.11. The second-order valence-corrected chi connectivity index (χ2v) is 10.6. The maximum Gasteiger partial charge on any atom is 0.258 e. The number of ketones is 1. The largest absolute Gasteiger partial charge is 0.381 e. The smallest absolute Gasteiger partial charge is 0.258 e. The number of H-pyrrole nitrogens is 1. The molecule has 0 unspecified atom stereocenters. The molecule has 2 heterocycles. The van der Waals surface area contributed by atoms with Crippen LogP contribution in [-0.2, 0) is 4.74 Å². The van der Waals surface area contributed by atoms with E-state index in [0.717, 1.165) is 55.2 Å². The Kier molecular flexibility index (Phi) is 20.4. The maximum absolute atomic E-state index is 12.3. The molecule has 0 spiro atoms. The van der Waals surface area contributed by atoms with Gasteiger partial charge in [0.1, 0.15) is 5.01 Å². The molecule has 0 radical (unpaired) electrons. The minimum absolute atomic E-state index is 0.0987. The predicted octanol–water partition coefficient (Wildman–Crippen LogP) is 9.84. The number of pyridine rings is 1. The minimum Gasteiger partial charge on any atom is -0.381 e. The average Bonchev–Trinajstić information content (AvgIpc) is 3.41. The van der Waals surface area contributed by atoms with E-state index in [2.05, 4.69) is 66.1 Å². The van der Waals surface area contributed by atoms with Gasteiger partial charge in [0.05, 0.1) is 11.3 Å². The van der Waals surface area contributed by atoms with Crippen LogP contribution in [0, 0.1) is 5.92 Å². The Hall–Kier alpha value is -2.83. The molecular formula is C34H52N2O3S. The predicted molar refractivity (Wildman–Crippen MR) is 175 cm³/mol. The third kappa shape index (κ3) is 13.5. The van der Waals surface area contributed by atoms with E-state index in [4.69, 9.17) is 9.72 Å². The third-order valence-corrected chi connectivity index (χ3v) is 6.71.